The van der Waals surface area contributed by atoms with Crippen LogP contribution in [0.15, 0.2) is 0 Å². The number of methoxy groups -OCH3 is 1. The van der Waals surface area contributed by atoms with Crippen molar-refractivity contribution < 1.29 is 4.74 Å². The van der Waals surface area contributed by atoms with Crippen LogP contribution in [0.25, 0.3) is 0 Å². The predicted molar refractivity (Wildman–Crippen MR) is 77.9 cm³/mol. The summed E-state index contributed by atoms with van der Waals surface area (Å²) < 4.78 is 9.30. The summed E-state index contributed by atoms with van der Waals surface area (Å²) in [5.74, 6) is 0.740. The first-order chi connectivity index (χ1) is 9.17. The summed E-state index contributed by atoms with van der Waals surface area (Å²) in [6.07, 6.45) is 3.55. The first-order valence-electron chi connectivity index (χ1n) is 6.48. The molecular weight excluding hydrogens is 282 g/mol. The Balaban J connectivity index is 2.24. The third kappa shape index (κ3) is 3.19. The lowest BCUT2D eigenvalue weighted by atomic mass is 10.1. The number of nitrogens with zero attached hydrogens (tertiary/aromatic N) is 3. The van der Waals surface area contributed by atoms with Gasteiger partial charge in [-0.3, -0.25) is 0 Å². The van der Waals surface area contributed by atoms with Crippen molar-refractivity contribution in [3.05, 3.63) is 10.7 Å². The second kappa shape index (κ2) is 6.56. The minimum absolute atomic E-state index is 0.316. The Hall–Kier alpha value is -0.830. The third-order valence-corrected chi connectivity index (χ3v) is 4.91. The first kappa shape index (κ1) is 14.6. The van der Waals surface area contributed by atoms with Gasteiger partial charge in [0.1, 0.15) is 16.6 Å². The Labute approximate surface area is 123 Å². The summed E-state index contributed by atoms with van der Waals surface area (Å²) in [5.41, 5.74) is 0.502. The summed E-state index contributed by atoms with van der Waals surface area (Å²) >= 11 is 7.29. The molecule has 2 atom stereocenters. The van der Waals surface area contributed by atoms with Gasteiger partial charge in [0.05, 0.1) is 6.61 Å². The molecule has 0 saturated heterocycles. The summed E-state index contributed by atoms with van der Waals surface area (Å²) in [6, 6.07) is 2.64. The maximum absolute atomic E-state index is 9.23. The monoisotopic (exact) mass is 299 g/mol. The Morgan fingerprint density at radius 3 is 2.95 bits per heavy atom. The van der Waals surface area contributed by atoms with E-state index in [0.717, 1.165) is 30.3 Å². The van der Waals surface area contributed by atoms with Crippen molar-refractivity contribution in [2.45, 2.75) is 32.2 Å². The Morgan fingerprint density at radius 2 is 2.37 bits per heavy atom. The second-order valence-corrected chi connectivity index (χ2v) is 6.13. The molecule has 0 aliphatic heterocycles. The zero-order valence-electron chi connectivity index (χ0n) is 11.2. The van der Waals surface area contributed by atoms with Crippen molar-refractivity contribution in [3.63, 3.8) is 0 Å². The van der Waals surface area contributed by atoms with E-state index in [9.17, 15) is 5.26 Å². The van der Waals surface area contributed by atoms with E-state index in [-0.39, 0.29) is 0 Å². The molecule has 4 nitrogen and oxygen atoms in total. The van der Waals surface area contributed by atoms with Crippen LogP contribution in [0, 0.1) is 17.2 Å². The number of aromatic nitrogens is 1. The predicted octanol–water partition coefficient (Wildman–Crippen LogP) is 3.31. The summed E-state index contributed by atoms with van der Waals surface area (Å²) in [5, 5.41) is 10.4. The van der Waals surface area contributed by atoms with E-state index in [1.807, 2.05) is 0 Å². The summed E-state index contributed by atoms with van der Waals surface area (Å²) in [4.78, 5) is 2.26. The fourth-order valence-electron chi connectivity index (χ4n) is 2.65. The molecule has 1 aliphatic rings. The summed E-state index contributed by atoms with van der Waals surface area (Å²) in [7, 11) is 1.69. The Morgan fingerprint density at radius 1 is 1.58 bits per heavy atom. The minimum Gasteiger partial charge on any atom is -0.383 e. The van der Waals surface area contributed by atoms with E-state index in [0.29, 0.717) is 23.4 Å². The zero-order chi connectivity index (χ0) is 13.8. The quantitative estimate of drug-likeness (QED) is 0.837. The van der Waals surface area contributed by atoms with Crippen LogP contribution in [0.4, 0.5) is 5.00 Å². The maximum Gasteiger partial charge on any atom is 0.162 e. The molecule has 0 N–H and O–H groups in total. The fraction of sp³-hybridized carbons (Fsp3) is 0.692. The van der Waals surface area contributed by atoms with Gasteiger partial charge in [0, 0.05) is 19.7 Å². The van der Waals surface area contributed by atoms with Crippen molar-refractivity contribution in [1.82, 2.24) is 4.37 Å². The molecule has 0 bridgehead atoms. The van der Waals surface area contributed by atoms with Crippen molar-refractivity contribution in [1.29, 1.82) is 5.26 Å². The van der Waals surface area contributed by atoms with Crippen molar-refractivity contribution >= 4 is 28.1 Å². The van der Waals surface area contributed by atoms with Crippen LogP contribution in [0.3, 0.4) is 0 Å². The number of nitriles is 1. The van der Waals surface area contributed by atoms with Gasteiger partial charge in [-0.25, -0.2) is 0 Å². The van der Waals surface area contributed by atoms with Gasteiger partial charge in [-0.15, -0.1) is 0 Å². The van der Waals surface area contributed by atoms with Crippen LogP contribution in [0.1, 0.15) is 31.7 Å². The number of halogens is 1. The molecule has 1 aromatic rings. The largest absolute Gasteiger partial charge is 0.383 e. The smallest absolute Gasteiger partial charge is 0.162 e. The number of ether oxygens (including phenoxy) is 1. The first-order valence-corrected chi connectivity index (χ1v) is 7.63. The molecule has 1 heterocycles. The average Bonchev–Trinajstić information content (AvgIpc) is 2.97. The lowest BCUT2D eigenvalue weighted by Crippen LogP contribution is -2.36. The molecule has 1 fully saturated rings. The Kier molecular flexibility index (Phi) is 5.03. The molecule has 6 heteroatoms. The molecule has 0 aromatic carbocycles. The van der Waals surface area contributed by atoms with E-state index in [2.05, 4.69) is 22.3 Å². The van der Waals surface area contributed by atoms with Crippen molar-refractivity contribution in [2.75, 3.05) is 25.2 Å². The highest BCUT2D eigenvalue weighted by atomic mass is 35.5. The molecule has 0 spiro atoms. The number of hydrogen-bond donors (Lipinski definition) is 0. The molecule has 2 rings (SSSR count). The van der Waals surface area contributed by atoms with E-state index < -0.39 is 0 Å². The van der Waals surface area contributed by atoms with Gasteiger partial charge in [-0.2, -0.15) is 9.64 Å². The van der Waals surface area contributed by atoms with Gasteiger partial charge < -0.3 is 9.64 Å². The van der Waals surface area contributed by atoms with Crippen LogP contribution in [0.2, 0.25) is 5.15 Å². The second-order valence-electron chi connectivity index (χ2n) is 5.02. The Bertz CT molecular complexity index is 471. The molecule has 1 aromatic heterocycles. The molecule has 1 aliphatic carbocycles. The summed E-state index contributed by atoms with van der Waals surface area (Å²) in [6.45, 7) is 3.70. The number of hydrogen-bond acceptors (Lipinski definition) is 5. The van der Waals surface area contributed by atoms with E-state index in [1.54, 1.807) is 7.11 Å². The van der Waals surface area contributed by atoms with Crippen LogP contribution in [-0.2, 0) is 4.74 Å². The highest BCUT2D eigenvalue weighted by Gasteiger charge is 2.30. The van der Waals surface area contributed by atoms with Crippen LogP contribution >= 0.6 is 23.1 Å². The molecule has 2 unspecified atom stereocenters. The van der Waals surface area contributed by atoms with Crippen LogP contribution in [-0.4, -0.2) is 30.7 Å². The normalized spacial score (nSPS) is 22.4. The highest BCUT2D eigenvalue weighted by molar-refractivity contribution is 7.10. The standard InChI is InChI=1S/C13H18ClN3OS/c1-9-3-4-10(7-9)17(5-6-18-2)13-11(8-15)12(14)16-19-13/h9-10H,3-7H2,1-2H3. The average molecular weight is 300 g/mol. The van der Waals surface area contributed by atoms with Crippen molar-refractivity contribution in [3.8, 4) is 6.07 Å². The zero-order valence-corrected chi connectivity index (χ0v) is 12.8. The molecule has 1 saturated carbocycles. The van der Waals surface area contributed by atoms with E-state index >= 15 is 0 Å². The molecular formula is C13H18ClN3OS. The minimum atomic E-state index is 0.316. The number of anilines is 1. The van der Waals surface area contributed by atoms with Gasteiger partial charge >= 0.3 is 0 Å². The number of rotatable bonds is 5. The van der Waals surface area contributed by atoms with Gasteiger partial charge in [-0.1, -0.05) is 18.5 Å². The third-order valence-electron chi connectivity index (χ3n) is 3.65. The molecule has 19 heavy (non-hydrogen) atoms. The van der Waals surface area contributed by atoms with Gasteiger partial charge in [0.2, 0.25) is 0 Å². The van der Waals surface area contributed by atoms with Gasteiger partial charge in [0.25, 0.3) is 0 Å². The SMILES string of the molecule is COCCN(c1snc(Cl)c1C#N)C1CCC(C)C1. The highest BCUT2D eigenvalue weighted by Crippen LogP contribution is 2.37. The van der Waals surface area contributed by atoms with Crippen molar-refractivity contribution in [2.24, 2.45) is 5.92 Å². The molecule has 0 amide bonds. The van der Waals surface area contributed by atoms with E-state index in [1.165, 1.54) is 18.0 Å². The van der Waals surface area contributed by atoms with Gasteiger partial charge in [0.15, 0.2) is 5.15 Å². The van der Waals surface area contributed by atoms with Crippen LogP contribution < -0.4 is 4.90 Å². The molecule has 104 valence electrons. The lowest BCUT2D eigenvalue weighted by Gasteiger charge is -2.29. The van der Waals surface area contributed by atoms with E-state index in [4.69, 9.17) is 16.3 Å². The fourth-order valence-corrected chi connectivity index (χ4v) is 3.78. The topological polar surface area (TPSA) is 49.1 Å². The van der Waals surface area contributed by atoms with Gasteiger partial charge in [-0.05, 0) is 36.7 Å². The van der Waals surface area contributed by atoms with Crippen LogP contribution in [0.5, 0.6) is 0 Å². The maximum atomic E-state index is 9.23. The molecule has 0 radical (unpaired) electrons. The lowest BCUT2D eigenvalue weighted by molar-refractivity contribution is 0.203.